The lowest BCUT2D eigenvalue weighted by molar-refractivity contribution is 0.620. The molecule has 0 amide bonds. The van der Waals surface area contributed by atoms with Gasteiger partial charge in [0.2, 0.25) is 5.89 Å². The Kier molecular flexibility index (Phi) is 7.32. The summed E-state index contributed by atoms with van der Waals surface area (Å²) in [6, 6.07) is 61.7. The van der Waals surface area contributed by atoms with Crippen molar-refractivity contribution >= 4 is 45.2 Å². The van der Waals surface area contributed by atoms with Crippen LogP contribution in [-0.4, -0.2) is 19.9 Å². The van der Waals surface area contributed by atoms with Crippen molar-refractivity contribution in [3.63, 3.8) is 0 Å². The van der Waals surface area contributed by atoms with Crippen LogP contribution in [0.15, 0.2) is 186 Å². The molecule has 7 nitrogen and oxygen atoms in total. The van der Waals surface area contributed by atoms with Crippen LogP contribution in [0.25, 0.3) is 56.7 Å². The van der Waals surface area contributed by atoms with Crippen molar-refractivity contribution in [2.24, 2.45) is 0 Å². The summed E-state index contributed by atoms with van der Waals surface area (Å²) < 4.78 is 6.54. The summed E-state index contributed by atoms with van der Waals surface area (Å²) >= 11 is 0. The maximum Gasteiger partial charge on any atom is 0.227 e. The molecule has 0 N–H and O–H groups in total. The zero-order valence-electron chi connectivity index (χ0n) is 28.4. The molecule has 0 saturated heterocycles. The number of hydrogen-bond donors (Lipinski definition) is 0. The lowest BCUT2D eigenvalue weighted by Crippen LogP contribution is -2.23. The Bertz CT molecular complexity index is 2560. The fourth-order valence-electron chi connectivity index (χ4n) is 6.95. The van der Waals surface area contributed by atoms with Gasteiger partial charge in [-0.05, 0) is 54.6 Å². The average Bonchev–Trinajstić information content (AvgIpc) is 3.66. The highest BCUT2D eigenvalue weighted by molar-refractivity contribution is 6.05. The Balaban J connectivity index is 1.07. The first-order chi connectivity index (χ1) is 26.3. The predicted molar refractivity (Wildman–Crippen MR) is 212 cm³/mol. The number of anilines is 6. The first kappa shape index (κ1) is 30.4. The highest BCUT2D eigenvalue weighted by Crippen LogP contribution is 2.55. The number of hydrogen-bond acceptors (Lipinski definition) is 7. The number of benzene rings is 7. The van der Waals surface area contributed by atoms with Gasteiger partial charge in [-0.25, -0.2) is 19.9 Å². The second-order valence-electron chi connectivity index (χ2n) is 12.8. The first-order valence-electron chi connectivity index (χ1n) is 17.5. The quantitative estimate of drug-likeness (QED) is 0.173. The van der Waals surface area contributed by atoms with Gasteiger partial charge in [-0.2, -0.15) is 0 Å². The van der Waals surface area contributed by atoms with Gasteiger partial charge in [0.1, 0.15) is 5.52 Å². The van der Waals surface area contributed by atoms with Crippen molar-refractivity contribution in [1.82, 2.24) is 19.9 Å². The van der Waals surface area contributed by atoms with Crippen LogP contribution < -0.4 is 9.80 Å². The van der Waals surface area contributed by atoms with Crippen molar-refractivity contribution in [2.75, 3.05) is 9.80 Å². The summed E-state index contributed by atoms with van der Waals surface area (Å²) in [6.45, 7) is 0. The monoisotopic (exact) mass is 682 g/mol. The second-order valence-corrected chi connectivity index (χ2v) is 12.8. The van der Waals surface area contributed by atoms with Gasteiger partial charge in [0.25, 0.3) is 0 Å². The third-order valence-corrected chi connectivity index (χ3v) is 9.45. The Labute approximate surface area is 306 Å². The summed E-state index contributed by atoms with van der Waals surface area (Å²) in [5.41, 5.74) is 11.4. The Morgan fingerprint density at radius 3 is 1.23 bits per heavy atom. The van der Waals surface area contributed by atoms with Crippen molar-refractivity contribution in [3.05, 3.63) is 182 Å². The van der Waals surface area contributed by atoms with Gasteiger partial charge < -0.3 is 14.2 Å². The highest BCUT2D eigenvalue weighted by atomic mass is 16.3. The van der Waals surface area contributed by atoms with Gasteiger partial charge in [-0.1, -0.05) is 121 Å². The molecular weight excluding hydrogens is 653 g/mol. The maximum atomic E-state index is 6.54. The van der Waals surface area contributed by atoms with Gasteiger partial charge >= 0.3 is 0 Å². The molecule has 250 valence electrons. The van der Waals surface area contributed by atoms with E-state index in [4.69, 9.17) is 24.4 Å². The summed E-state index contributed by atoms with van der Waals surface area (Å²) in [6.07, 6.45) is 0. The first-order valence-corrected chi connectivity index (χ1v) is 17.5. The SMILES string of the molecule is c1ccc(-c2nc(-c3ccccc3)nc(-c3ccc(-c4nc5cc6c(cc5o4)N(c4ccccc4)c4ccccc4N6c4ccccc4)cc3)n2)cc1. The van der Waals surface area contributed by atoms with Crippen LogP contribution in [0.3, 0.4) is 0 Å². The zero-order valence-corrected chi connectivity index (χ0v) is 28.4. The fraction of sp³-hybridized carbons (Fsp3) is 0. The van der Waals surface area contributed by atoms with E-state index >= 15 is 0 Å². The number of fused-ring (bicyclic) bond motifs is 3. The van der Waals surface area contributed by atoms with Crippen molar-refractivity contribution < 1.29 is 4.42 Å². The lowest BCUT2D eigenvalue weighted by atomic mass is 10.0. The van der Waals surface area contributed by atoms with Gasteiger partial charge in [0, 0.05) is 39.7 Å². The van der Waals surface area contributed by atoms with Crippen LogP contribution in [0.5, 0.6) is 0 Å². The fourth-order valence-corrected chi connectivity index (χ4v) is 6.95. The molecule has 0 saturated carbocycles. The molecule has 1 aliphatic rings. The molecular formula is C46H30N6O. The van der Waals surface area contributed by atoms with E-state index in [-0.39, 0.29) is 0 Å². The minimum atomic E-state index is 0.537. The molecule has 53 heavy (non-hydrogen) atoms. The topological polar surface area (TPSA) is 71.2 Å². The largest absolute Gasteiger partial charge is 0.436 e. The standard InChI is InChI=1S/C46H30N6O/c1-5-15-31(16-6-1)43-48-44(32-17-7-2-8-18-32)50-45(49-43)33-25-27-34(28-26-33)46-47-37-29-40-41(30-42(37)53-46)52(36-21-11-4-12-22-36)39-24-14-13-23-38(39)51(40)35-19-9-3-10-20-35/h1-30H. The van der Waals surface area contributed by atoms with Gasteiger partial charge in [0.05, 0.1) is 22.7 Å². The minimum Gasteiger partial charge on any atom is -0.436 e. The Morgan fingerprint density at radius 2 is 0.736 bits per heavy atom. The van der Waals surface area contributed by atoms with E-state index in [1.807, 2.05) is 97.1 Å². The van der Waals surface area contributed by atoms with Crippen LogP contribution in [0, 0.1) is 0 Å². The Morgan fingerprint density at radius 1 is 0.340 bits per heavy atom. The third-order valence-electron chi connectivity index (χ3n) is 9.45. The molecule has 3 heterocycles. The number of nitrogens with zero attached hydrogens (tertiary/aromatic N) is 6. The number of oxazole rings is 1. The second kappa shape index (κ2) is 12.7. The van der Waals surface area contributed by atoms with E-state index in [2.05, 4.69) is 94.7 Å². The molecule has 0 radical (unpaired) electrons. The van der Waals surface area contributed by atoms with Crippen LogP contribution in [-0.2, 0) is 0 Å². The normalized spacial score (nSPS) is 12.1. The van der Waals surface area contributed by atoms with Gasteiger partial charge in [-0.15, -0.1) is 0 Å². The van der Waals surface area contributed by atoms with E-state index < -0.39 is 0 Å². The zero-order chi connectivity index (χ0) is 35.1. The van der Waals surface area contributed by atoms with Crippen molar-refractivity contribution in [3.8, 4) is 45.6 Å². The molecule has 0 unspecified atom stereocenters. The van der Waals surface area contributed by atoms with Crippen LogP contribution in [0.4, 0.5) is 34.1 Å². The summed E-state index contributed by atoms with van der Waals surface area (Å²) in [5, 5.41) is 0. The molecule has 7 aromatic carbocycles. The highest BCUT2D eigenvalue weighted by Gasteiger charge is 2.31. The number of rotatable bonds is 6. The van der Waals surface area contributed by atoms with Crippen LogP contribution in [0.2, 0.25) is 0 Å². The summed E-state index contributed by atoms with van der Waals surface area (Å²) in [7, 11) is 0. The van der Waals surface area contributed by atoms with Crippen molar-refractivity contribution in [1.29, 1.82) is 0 Å². The van der Waals surface area contributed by atoms with E-state index in [9.17, 15) is 0 Å². The Hall–Kier alpha value is -7.38. The van der Waals surface area contributed by atoms with E-state index in [1.54, 1.807) is 0 Å². The number of aromatic nitrogens is 4. The average molecular weight is 683 g/mol. The summed E-state index contributed by atoms with van der Waals surface area (Å²) in [5.74, 6) is 2.38. The van der Waals surface area contributed by atoms with Crippen LogP contribution in [0.1, 0.15) is 0 Å². The lowest BCUT2D eigenvalue weighted by Gasteiger charge is -2.40. The predicted octanol–water partition coefficient (Wildman–Crippen LogP) is 11.9. The minimum absolute atomic E-state index is 0.537. The molecule has 0 spiro atoms. The third kappa shape index (κ3) is 5.48. The molecule has 0 atom stereocenters. The van der Waals surface area contributed by atoms with Gasteiger partial charge in [-0.3, -0.25) is 0 Å². The van der Waals surface area contributed by atoms with Crippen LogP contribution >= 0.6 is 0 Å². The molecule has 2 aromatic heterocycles. The maximum absolute atomic E-state index is 6.54. The summed E-state index contributed by atoms with van der Waals surface area (Å²) in [4.78, 5) is 24.2. The number of para-hydroxylation sites is 4. The van der Waals surface area contributed by atoms with E-state index in [0.717, 1.165) is 61.9 Å². The van der Waals surface area contributed by atoms with E-state index in [1.165, 1.54) is 0 Å². The van der Waals surface area contributed by atoms with E-state index in [0.29, 0.717) is 28.9 Å². The molecule has 9 aromatic rings. The molecule has 0 aliphatic carbocycles. The molecule has 1 aliphatic heterocycles. The van der Waals surface area contributed by atoms with Gasteiger partial charge in [0.15, 0.2) is 23.1 Å². The molecule has 10 rings (SSSR count). The molecule has 0 bridgehead atoms. The molecule has 7 heteroatoms. The smallest absolute Gasteiger partial charge is 0.227 e. The van der Waals surface area contributed by atoms with Crippen molar-refractivity contribution in [2.45, 2.75) is 0 Å². The molecule has 0 fully saturated rings.